The Morgan fingerprint density at radius 2 is 1.53 bits per heavy atom. The summed E-state index contributed by atoms with van der Waals surface area (Å²) >= 11 is 0. The molecule has 1 heterocycles. The first-order chi connectivity index (χ1) is 8.89. The van der Waals surface area contributed by atoms with Gasteiger partial charge < -0.3 is 9.31 Å². The van der Waals surface area contributed by atoms with E-state index >= 15 is 0 Å². The first-order valence-electron chi connectivity index (χ1n) is 6.66. The van der Waals surface area contributed by atoms with Gasteiger partial charge in [-0.15, -0.1) is 0 Å². The summed E-state index contributed by atoms with van der Waals surface area (Å²) in [4.78, 5) is 0. The summed E-state index contributed by atoms with van der Waals surface area (Å²) < 4.78 is 12.1. The molecular weight excluding hydrogens is 235 g/mol. The zero-order chi connectivity index (χ0) is 13.7. The fourth-order valence-corrected chi connectivity index (χ4v) is 2.24. The maximum absolute atomic E-state index is 6.05. The Morgan fingerprint density at radius 3 is 2.21 bits per heavy atom. The highest BCUT2D eigenvalue weighted by atomic mass is 16.7. The normalized spacial score (nSPS) is 20.9. The second-order valence-electron chi connectivity index (χ2n) is 6.09. The van der Waals surface area contributed by atoms with E-state index in [0.29, 0.717) is 0 Å². The quantitative estimate of drug-likeness (QED) is 0.727. The Balaban J connectivity index is 1.98. The molecule has 2 nitrogen and oxygen atoms in total. The fraction of sp³-hybridized carbons (Fsp3) is 0.375. The minimum Gasteiger partial charge on any atom is -0.399 e. The van der Waals surface area contributed by atoms with Crippen LogP contribution in [-0.2, 0) is 9.31 Å². The smallest absolute Gasteiger partial charge is 0.399 e. The molecule has 1 aliphatic rings. The predicted octanol–water partition coefficient (Wildman–Crippen LogP) is 2.94. The van der Waals surface area contributed by atoms with Crippen molar-refractivity contribution in [3.63, 3.8) is 0 Å². The lowest BCUT2D eigenvalue weighted by molar-refractivity contribution is 0.00578. The van der Waals surface area contributed by atoms with E-state index in [0.717, 1.165) is 10.8 Å². The average molecular weight is 253 g/mol. The van der Waals surface area contributed by atoms with Crippen molar-refractivity contribution in [3.05, 3.63) is 42.5 Å². The maximum Gasteiger partial charge on any atom is 0.495 e. The molecule has 0 bridgehead atoms. The molecular formula is C16H18BO2. The van der Waals surface area contributed by atoms with E-state index in [1.54, 1.807) is 0 Å². The lowest BCUT2D eigenvalue weighted by Crippen LogP contribution is -2.41. The van der Waals surface area contributed by atoms with Crippen LogP contribution >= 0.6 is 0 Å². The summed E-state index contributed by atoms with van der Waals surface area (Å²) in [5, 5.41) is 2.28. The molecule has 0 amide bonds. The number of benzene rings is 2. The van der Waals surface area contributed by atoms with Gasteiger partial charge in [0.2, 0.25) is 0 Å². The first kappa shape index (κ1) is 12.7. The number of rotatable bonds is 1. The summed E-state index contributed by atoms with van der Waals surface area (Å²) in [6.07, 6.45) is 0. The monoisotopic (exact) mass is 253 g/mol. The van der Waals surface area contributed by atoms with Gasteiger partial charge in [-0.2, -0.15) is 0 Å². The molecule has 1 aliphatic heterocycles. The van der Waals surface area contributed by atoms with E-state index in [-0.39, 0.29) is 18.3 Å². The van der Waals surface area contributed by atoms with Crippen molar-refractivity contribution in [1.29, 1.82) is 0 Å². The molecule has 3 rings (SSSR count). The number of fused-ring (bicyclic) bond motifs is 1. The van der Waals surface area contributed by atoms with Gasteiger partial charge in [-0.25, -0.2) is 0 Å². The molecule has 0 aromatic heterocycles. The van der Waals surface area contributed by atoms with Gasteiger partial charge in [0.05, 0.1) is 11.2 Å². The minimum atomic E-state index is -0.338. The molecule has 97 valence electrons. The third-order valence-corrected chi connectivity index (χ3v) is 4.19. The highest BCUT2D eigenvalue weighted by molar-refractivity contribution is 6.62. The lowest BCUT2D eigenvalue weighted by atomic mass is 9.78. The molecule has 2 aromatic carbocycles. The Bertz CT molecular complexity index is 603. The predicted molar refractivity (Wildman–Crippen MR) is 78.5 cm³/mol. The summed E-state index contributed by atoms with van der Waals surface area (Å²) in [5.41, 5.74) is 0.339. The van der Waals surface area contributed by atoms with E-state index in [2.05, 4.69) is 52.0 Å². The van der Waals surface area contributed by atoms with Crippen LogP contribution in [0.1, 0.15) is 27.7 Å². The van der Waals surface area contributed by atoms with Crippen LogP contribution in [-0.4, -0.2) is 18.3 Å². The lowest BCUT2D eigenvalue weighted by Gasteiger charge is -2.32. The summed E-state index contributed by atoms with van der Waals surface area (Å²) in [5.74, 6) is 0. The van der Waals surface area contributed by atoms with Gasteiger partial charge in [0, 0.05) is 0 Å². The zero-order valence-electron chi connectivity index (χ0n) is 11.9. The van der Waals surface area contributed by atoms with Gasteiger partial charge in [0.1, 0.15) is 0 Å². The largest absolute Gasteiger partial charge is 0.495 e. The van der Waals surface area contributed by atoms with Crippen molar-refractivity contribution >= 4 is 23.4 Å². The van der Waals surface area contributed by atoms with Gasteiger partial charge in [0.15, 0.2) is 0 Å². The summed E-state index contributed by atoms with van der Waals surface area (Å²) in [6.45, 7) is 8.25. The van der Waals surface area contributed by atoms with Crippen molar-refractivity contribution in [1.82, 2.24) is 0 Å². The van der Waals surface area contributed by atoms with E-state index < -0.39 is 0 Å². The van der Waals surface area contributed by atoms with Crippen LogP contribution in [0.2, 0.25) is 0 Å². The van der Waals surface area contributed by atoms with E-state index in [1.807, 2.05) is 18.2 Å². The molecule has 0 aliphatic carbocycles. The minimum absolute atomic E-state index is 0.308. The van der Waals surface area contributed by atoms with Crippen LogP contribution in [0.15, 0.2) is 36.4 Å². The molecule has 1 radical (unpaired) electrons. The fourth-order valence-electron chi connectivity index (χ4n) is 2.24. The standard InChI is InChI=1S/C16H18BO2/c1-15(2)16(3,4)19-17(18-15)14-10-9-12-7-5-6-8-13(12)11-14/h5-10H,1-4H3. The average Bonchev–Trinajstić information content (AvgIpc) is 2.58. The summed E-state index contributed by atoms with van der Waals surface area (Å²) in [7, 11) is -0.338. The van der Waals surface area contributed by atoms with Crippen molar-refractivity contribution in [2.24, 2.45) is 0 Å². The van der Waals surface area contributed by atoms with Gasteiger partial charge >= 0.3 is 7.12 Å². The van der Waals surface area contributed by atoms with Crippen LogP contribution in [0.3, 0.4) is 0 Å². The SMILES string of the molecule is CC1(C)OB(c2[c]c3ccccc3cc2)OC1(C)C. The Morgan fingerprint density at radius 1 is 0.895 bits per heavy atom. The molecule has 3 heteroatoms. The Hall–Kier alpha value is -1.32. The Labute approximate surface area is 114 Å². The Kier molecular flexibility index (Phi) is 2.73. The van der Waals surface area contributed by atoms with Gasteiger partial charge in [-0.1, -0.05) is 36.4 Å². The van der Waals surface area contributed by atoms with Crippen LogP contribution in [0.5, 0.6) is 0 Å². The van der Waals surface area contributed by atoms with Crippen molar-refractivity contribution in [2.45, 2.75) is 38.9 Å². The van der Waals surface area contributed by atoms with Gasteiger partial charge in [-0.3, -0.25) is 0 Å². The molecule has 0 saturated carbocycles. The molecule has 0 unspecified atom stereocenters. The first-order valence-corrected chi connectivity index (χ1v) is 6.66. The highest BCUT2D eigenvalue weighted by Gasteiger charge is 2.51. The van der Waals surface area contributed by atoms with Crippen LogP contribution in [0.4, 0.5) is 0 Å². The third-order valence-electron chi connectivity index (χ3n) is 4.19. The van der Waals surface area contributed by atoms with Crippen molar-refractivity contribution < 1.29 is 9.31 Å². The highest BCUT2D eigenvalue weighted by Crippen LogP contribution is 2.36. The van der Waals surface area contributed by atoms with E-state index in [9.17, 15) is 0 Å². The van der Waals surface area contributed by atoms with Crippen LogP contribution in [0, 0.1) is 6.07 Å². The van der Waals surface area contributed by atoms with Crippen molar-refractivity contribution in [2.75, 3.05) is 0 Å². The van der Waals surface area contributed by atoms with Crippen molar-refractivity contribution in [3.8, 4) is 0 Å². The molecule has 1 saturated heterocycles. The number of hydrogen-bond acceptors (Lipinski definition) is 2. The summed E-state index contributed by atoms with van der Waals surface area (Å²) in [6, 6.07) is 15.7. The second-order valence-corrected chi connectivity index (χ2v) is 6.09. The molecule has 19 heavy (non-hydrogen) atoms. The molecule has 0 atom stereocenters. The van der Waals surface area contributed by atoms with Crippen LogP contribution < -0.4 is 5.46 Å². The maximum atomic E-state index is 6.05. The zero-order valence-corrected chi connectivity index (χ0v) is 11.9. The second kappa shape index (κ2) is 4.09. The van der Waals surface area contributed by atoms with E-state index in [1.165, 1.54) is 5.39 Å². The molecule has 0 spiro atoms. The number of hydrogen-bond donors (Lipinski definition) is 0. The third kappa shape index (κ3) is 2.07. The van der Waals surface area contributed by atoms with Crippen LogP contribution in [0.25, 0.3) is 10.8 Å². The molecule has 1 fully saturated rings. The van der Waals surface area contributed by atoms with E-state index in [4.69, 9.17) is 9.31 Å². The van der Waals surface area contributed by atoms with Gasteiger partial charge in [-0.05, 0) is 50.0 Å². The molecule has 2 aromatic rings. The van der Waals surface area contributed by atoms with Gasteiger partial charge in [0.25, 0.3) is 0 Å². The molecule has 0 N–H and O–H groups in total. The topological polar surface area (TPSA) is 18.5 Å².